The van der Waals surface area contributed by atoms with E-state index in [2.05, 4.69) is 29.9 Å². The molecule has 0 aliphatic heterocycles. The lowest BCUT2D eigenvalue weighted by atomic mass is 10.0. The van der Waals surface area contributed by atoms with Gasteiger partial charge in [-0.2, -0.15) is 0 Å². The molecule has 3 rings (SSSR count). The van der Waals surface area contributed by atoms with Crippen LogP contribution in [0.5, 0.6) is 5.88 Å². The average molecular weight is 278 g/mol. The van der Waals surface area contributed by atoms with Crippen LogP contribution in [0.3, 0.4) is 0 Å². The normalized spacial score (nSPS) is 11.8. The van der Waals surface area contributed by atoms with E-state index in [1.807, 2.05) is 42.5 Å². The molecule has 0 spiro atoms. The molecular weight excluding hydrogens is 260 g/mol. The van der Waals surface area contributed by atoms with Gasteiger partial charge in [0.05, 0.1) is 11.3 Å². The van der Waals surface area contributed by atoms with Crippen molar-refractivity contribution in [3.8, 4) is 5.88 Å². The Kier molecular flexibility index (Phi) is 3.48. The Morgan fingerprint density at radius 3 is 2.57 bits per heavy atom. The molecule has 0 radical (unpaired) electrons. The summed E-state index contributed by atoms with van der Waals surface area (Å²) in [7, 11) is 0. The van der Waals surface area contributed by atoms with Crippen molar-refractivity contribution in [3.05, 3.63) is 59.7 Å². The summed E-state index contributed by atoms with van der Waals surface area (Å²) < 4.78 is 0. The van der Waals surface area contributed by atoms with Crippen LogP contribution in [0.15, 0.2) is 53.5 Å². The smallest absolute Gasteiger partial charge is 0.198 e. The summed E-state index contributed by atoms with van der Waals surface area (Å²) in [4.78, 5) is 7.54. The fourth-order valence-electron chi connectivity index (χ4n) is 2.51. The number of aliphatic imine (C=N–C) groups is 1. The molecule has 0 amide bonds. The van der Waals surface area contributed by atoms with Gasteiger partial charge in [0, 0.05) is 17.1 Å². The van der Waals surface area contributed by atoms with Crippen molar-refractivity contribution in [1.29, 1.82) is 0 Å². The third-order valence-corrected chi connectivity index (χ3v) is 3.62. The molecule has 0 atom stereocenters. The number of nitrogens with one attached hydrogen (secondary N) is 1. The number of aromatic hydroxyl groups is 1. The second kappa shape index (κ2) is 5.44. The van der Waals surface area contributed by atoms with Gasteiger partial charge < -0.3 is 10.1 Å². The highest BCUT2D eigenvalue weighted by atomic mass is 16.3. The molecule has 3 nitrogen and oxygen atoms in total. The molecule has 0 unspecified atom stereocenters. The number of para-hydroxylation sites is 2. The van der Waals surface area contributed by atoms with Crippen LogP contribution >= 0.6 is 0 Å². The van der Waals surface area contributed by atoms with Gasteiger partial charge >= 0.3 is 0 Å². The highest BCUT2D eigenvalue weighted by Crippen LogP contribution is 2.29. The molecule has 2 N–H and O–H groups in total. The van der Waals surface area contributed by atoms with Crippen LogP contribution in [-0.4, -0.2) is 16.3 Å². The fourth-order valence-corrected chi connectivity index (χ4v) is 2.51. The molecule has 0 saturated heterocycles. The molecule has 0 aliphatic carbocycles. The van der Waals surface area contributed by atoms with Crippen LogP contribution in [0.1, 0.15) is 30.9 Å². The Morgan fingerprint density at radius 1 is 1.05 bits per heavy atom. The maximum absolute atomic E-state index is 10.0. The van der Waals surface area contributed by atoms with Gasteiger partial charge in [-0.1, -0.05) is 50.2 Å². The average Bonchev–Trinajstić information content (AvgIpc) is 2.81. The topological polar surface area (TPSA) is 48.4 Å². The number of benzene rings is 2. The van der Waals surface area contributed by atoms with Gasteiger partial charge in [-0.3, -0.25) is 4.99 Å². The van der Waals surface area contributed by atoms with Gasteiger partial charge in [-0.25, -0.2) is 0 Å². The van der Waals surface area contributed by atoms with E-state index >= 15 is 0 Å². The maximum atomic E-state index is 10.0. The zero-order valence-electron chi connectivity index (χ0n) is 12.2. The third-order valence-electron chi connectivity index (χ3n) is 3.62. The molecule has 3 aromatic rings. The van der Waals surface area contributed by atoms with Gasteiger partial charge in [-0.15, -0.1) is 0 Å². The number of hydrogen-bond donors (Lipinski definition) is 2. The summed E-state index contributed by atoms with van der Waals surface area (Å²) in [6, 6.07) is 15.9. The van der Waals surface area contributed by atoms with Crippen LogP contribution in [0.2, 0.25) is 0 Å². The first-order chi connectivity index (χ1) is 10.2. The molecule has 21 heavy (non-hydrogen) atoms. The molecule has 0 saturated carbocycles. The number of rotatable bonds is 3. The lowest BCUT2D eigenvalue weighted by Gasteiger charge is -2.08. The van der Waals surface area contributed by atoms with E-state index in [0.29, 0.717) is 5.92 Å². The van der Waals surface area contributed by atoms with E-state index in [1.165, 1.54) is 5.56 Å². The van der Waals surface area contributed by atoms with E-state index < -0.39 is 0 Å². The Balaban J connectivity index is 2.05. The highest BCUT2D eigenvalue weighted by Gasteiger charge is 2.09. The maximum Gasteiger partial charge on any atom is 0.198 e. The monoisotopic (exact) mass is 278 g/mol. The van der Waals surface area contributed by atoms with Crippen LogP contribution in [-0.2, 0) is 0 Å². The molecular formula is C18H18N2O. The number of H-pyrrole nitrogens is 1. The second-order valence-electron chi connectivity index (χ2n) is 5.40. The summed E-state index contributed by atoms with van der Waals surface area (Å²) in [6.07, 6.45) is 1.73. The van der Waals surface area contributed by atoms with Crippen molar-refractivity contribution in [2.24, 2.45) is 4.99 Å². The van der Waals surface area contributed by atoms with Crippen LogP contribution in [0, 0.1) is 0 Å². The first kappa shape index (κ1) is 13.4. The van der Waals surface area contributed by atoms with Gasteiger partial charge in [0.1, 0.15) is 0 Å². The number of fused-ring (bicyclic) bond motifs is 1. The summed E-state index contributed by atoms with van der Waals surface area (Å²) in [5, 5.41) is 11.0. The van der Waals surface area contributed by atoms with E-state index in [1.54, 1.807) is 6.21 Å². The first-order valence-corrected chi connectivity index (χ1v) is 7.09. The summed E-state index contributed by atoms with van der Waals surface area (Å²) in [5.74, 6) is 0.567. The van der Waals surface area contributed by atoms with Gasteiger partial charge in [0.25, 0.3) is 0 Å². The van der Waals surface area contributed by atoms with Gasteiger partial charge in [-0.05, 0) is 23.6 Å². The SMILES string of the molecule is CC(C)c1ccccc1N=Cc1c(O)[nH]c2ccccc12. The molecule has 106 valence electrons. The van der Waals surface area contributed by atoms with Crippen molar-refractivity contribution in [2.75, 3.05) is 0 Å². The zero-order chi connectivity index (χ0) is 14.8. The molecule has 0 bridgehead atoms. The van der Waals surface area contributed by atoms with Crippen LogP contribution < -0.4 is 0 Å². The number of aromatic nitrogens is 1. The highest BCUT2D eigenvalue weighted by molar-refractivity contribution is 6.02. The quantitative estimate of drug-likeness (QED) is 0.667. The predicted molar refractivity (Wildman–Crippen MR) is 87.7 cm³/mol. The summed E-state index contributed by atoms with van der Waals surface area (Å²) in [5.41, 5.74) is 3.78. The van der Waals surface area contributed by atoms with Crippen molar-refractivity contribution in [1.82, 2.24) is 4.98 Å². The van der Waals surface area contributed by atoms with Crippen molar-refractivity contribution in [3.63, 3.8) is 0 Å². The third kappa shape index (κ3) is 2.55. The molecule has 3 heteroatoms. The molecule has 1 heterocycles. The minimum atomic E-state index is 0.155. The molecule has 1 aromatic heterocycles. The Labute approximate surface area is 124 Å². The minimum absolute atomic E-state index is 0.155. The number of aromatic amines is 1. The van der Waals surface area contributed by atoms with E-state index in [4.69, 9.17) is 0 Å². The van der Waals surface area contributed by atoms with Crippen molar-refractivity contribution >= 4 is 22.8 Å². The van der Waals surface area contributed by atoms with Gasteiger partial charge in [0.15, 0.2) is 5.88 Å². The van der Waals surface area contributed by atoms with E-state index in [0.717, 1.165) is 22.2 Å². The van der Waals surface area contributed by atoms with E-state index in [-0.39, 0.29) is 5.88 Å². The van der Waals surface area contributed by atoms with Crippen molar-refractivity contribution < 1.29 is 5.11 Å². The number of nitrogens with zero attached hydrogens (tertiary/aromatic N) is 1. The lowest BCUT2D eigenvalue weighted by molar-refractivity contribution is 0.457. The van der Waals surface area contributed by atoms with E-state index in [9.17, 15) is 5.11 Å². The molecule has 0 aliphatic rings. The molecule has 2 aromatic carbocycles. The summed E-state index contributed by atoms with van der Waals surface area (Å²) in [6.45, 7) is 4.30. The fraction of sp³-hybridized carbons (Fsp3) is 0.167. The Morgan fingerprint density at radius 2 is 1.76 bits per heavy atom. The first-order valence-electron chi connectivity index (χ1n) is 7.09. The number of hydrogen-bond acceptors (Lipinski definition) is 2. The minimum Gasteiger partial charge on any atom is -0.494 e. The standard InChI is InChI=1S/C18H18N2O/c1-12(2)13-7-3-5-9-16(13)19-11-15-14-8-4-6-10-17(14)20-18(15)21/h3-12,20-21H,1-2H3. The largest absolute Gasteiger partial charge is 0.494 e. The molecule has 0 fully saturated rings. The zero-order valence-corrected chi connectivity index (χ0v) is 12.2. The predicted octanol–water partition coefficient (Wildman–Crippen LogP) is 4.75. The second-order valence-corrected chi connectivity index (χ2v) is 5.40. The van der Waals surface area contributed by atoms with Gasteiger partial charge in [0.2, 0.25) is 0 Å². The lowest BCUT2D eigenvalue weighted by Crippen LogP contribution is -1.88. The Bertz CT molecular complexity index is 800. The van der Waals surface area contributed by atoms with Crippen LogP contribution in [0.25, 0.3) is 10.9 Å². The Hall–Kier alpha value is -2.55. The van der Waals surface area contributed by atoms with Crippen LogP contribution in [0.4, 0.5) is 5.69 Å². The van der Waals surface area contributed by atoms with Crippen molar-refractivity contribution in [2.45, 2.75) is 19.8 Å². The summed E-state index contributed by atoms with van der Waals surface area (Å²) >= 11 is 0.